The Morgan fingerprint density at radius 2 is 2.15 bits per heavy atom. The van der Waals surface area contributed by atoms with Crippen molar-refractivity contribution in [3.8, 4) is 0 Å². The van der Waals surface area contributed by atoms with E-state index in [4.69, 9.17) is 4.84 Å². The summed E-state index contributed by atoms with van der Waals surface area (Å²) in [5.41, 5.74) is 2.86. The monoisotopic (exact) mass is 176 g/mol. The fraction of sp³-hybridized carbons (Fsp3) is 0.455. The van der Waals surface area contributed by atoms with Crippen molar-refractivity contribution < 1.29 is 9.48 Å². The number of hydrogen-bond acceptors (Lipinski definition) is 1. The minimum atomic E-state index is 0.319. The molecule has 1 aromatic rings. The zero-order valence-electron chi connectivity index (χ0n) is 8.03. The van der Waals surface area contributed by atoms with Gasteiger partial charge in [-0.05, 0) is 18.6 Å². The zero-order chi connectivity index (χ0) is 9.05. The summed E-state index contributed by atoms with van der Waals surface area (Å²) in [6.07, 6.45) is 1.46. The van der Waals surface area contributed by atoms with E-state index in [1.807, 2.05) is 0 Å². The Bertz CT molecular complexity index is 363. The van der Waals surface area contributed by atoms with E-state index in [0.717, 1.165) is 11.1 Å². The van der Waals surface area contributed by atoms with Gasteiger partial charge in [0.1, 0.15) is 13.1 Å². The van der Waals surface area contributed by atoms with E-state index >= 15 is 0 Å². The van der Waals surface area contributed by atoms with Crippen LogP contribution < -0.4 is 0 Å². The maximum atomic E-state index is 5.74. The van der Waals surface area contributed by atoms with Crippen LogP contribution in [0.3, 0.4) is 0 Å². The molecule has 1 saturated heterocycles. The summed E-state index contributed by atoms with van der Waals surface area (Å²) < 4.78 is 0.789. The normalized spacial score (nSPS) is 40.8. The standard InChI is InChI=1S/C11H14NO/c1-8-7-9-5-3-4-6-10(9)11-12(8,2)13-11/h3-6,8,11H,7H2,1-2H3/q+1/t8-,11?,12?/m1/s1. The molecular formula is C11H14NO+. The fourth-order valence-corrected chi connectivity index (χ4v) is 2.32. The summed E-state index contributed by atoms with van der Waals surface area (Å²) in [5.74, 6) is 0. The Morgan fingerprint density at radius 3 is 3.00 bits per heavy atom. The summed E-state index contributed by atoms with van der Waals surface area (Å²) in [6.45, 7) is 2.26. The lowest BCUT2D eigenvalue weighted by Gasteiger charge is -2.22. The maximum Gasteiger partial charge on any atom is 0.300 e. The van der Waals surface area contributed by atoms with Gasteiger partial charge in [-0.2, -0.15) is 0 Å². The molecule has 68 valence electrons. The van der Waals surface area contributed by atoms with E-state index in [2.05, 4.69) is 38.2 Å². The molecule has 0 aromatic heterocycles. The summed E-state index contributed by atoms with van der Waals surface area (Å²) >= 11 is 0. The van der Waals surface area contributed by atoms with E-state index in [-0.39, 0.29) is 0 Å². The van der Waals surface area contributed by atoms with Gasteiger partial charge in [0.05, 0.1) is 0 Å². The molecule has 0 bridgehead atoms. The second kappa shape index (κ2) is 2.14. The molecule has 0 radical (unpaired) electrons. The van der Waals surface area contributed by atoms with Crippen molar-refractivity contribution >= 4 is 0 Å². The van der Waals surface area contributed by atoms with Crippen LogP contribution in [-0.2, 0) is 11.3 Å². The predicted molar refractivity (Wildman–Crippen MR) is 49.6 cm³/mol. The molecule has 2 heteroatoms. The van der Waals surface area contributed by atoms with Gasteiger partial charge in [-0.1, -0.05) is 18.2 Å². The van der Waals surface area contributed by atoms with Crippen molar-refractivity contribution in [3.05, 3.63) is 35.4 Å². The highest BCUT2D eigenvalue weighted by Gasteiger charge is 2.63. The predicted octanol–water partition coefficient (Wildman–Crippen LogP) is 2.02. The number of likely N-dealkylation sites (N-methyl/N-ethyl adjacent to an activating group) is 1. The lowest BCUT2D eigenvalue weighted by Crippen LogP contribution is -2.36. The van der Waals surface area contributed by atoms with Crippen LogP contribution in [0.15, 0.2) is 24.3 Å². The summed E-state index contributed by atoms with van der Waals surface area (Å²) in [7, 11) is 2.17. The van der Waals surface area contributed by atoms with Gasteiger partial charge < -0.3 is 0 Å². The molecule has 2 unspecified atom stereocenters. The minimum absolute atomic E-state index is 0.319. The average Bonchev–Trinajstić information content (AvgIpc) is 2.80. The van der Waals surface area contributed by atoms with Crippen LogP contribution >= 0.6 is 0 Å². The molecule has 0 N–H and O–H groups in total. The smallest absolute Gasteiger partial charge is 0.139 e. The quantitative estimate of drug-likeness (QED) is 0.435. The Balaban J connectivity index is 2.12. The molecule has 0 spiro atoms. The van der Waals surface area contributed by atoms with Crippen LogP contribution in [0.1, 0.15) is 24.3 Å². The lowest BCUT2D eigenvalue weighted by molar-refractivity contribution is -0.928. The van der Waals surface area contributed by atoms with Gasteiger partial charge >= 0.3 is 0 Å². The van der Waals surface area contributed by atoms with Crippen molar-refractivity contribution in [2.75, 3.05) is 7.05 Å². The van der Waals surface area contributed by atoms with Crippen molar-refractivity contribution in [2.24, 2.45) is 0 Å². The van der Waals surface area contributed by atoms with E-state index in [1.165, 1.54) is 11.1 Å². The Morgan fingerprint density at radius 1 is 1.38 bits per heavy atom. The second-order valence-electron chi connectivity index (χ2n) is 4.27. The highest BCUT2D eigenvalue weighted by Crippen LogP contribution is 2.52. The zero-order valence-corrected chi connectivity index (χ0v) is 8.03. The number of hydrogen-bond donors (Lipinski definition) is 0. The van der Waals surface area contributed by atoms with Crippen LogP contribution in [0.25, 0.3) is 0 Å². The highest BCUT2D eigenvalue weighted by molar-refractivity contribution is 5.31. The van der Waals surface area contributed by atoms with Gasteiger partial charge in [0, 0.05) is 12.0 Å². The van der Waals surface area contributed by atoms with E-state index < -0.39 is 0 Å². The summed E-state index contributed by atoms with van der Waals surface area (Å²) in [4.78, 5) is 5.74. The number of benzene rings is 1. The molecule has 2 nitrogen and oxygen atoms in total. The second-order valence-corrected chi connectivity index (χ2v) is 4.27. The molecule has 2 heterocycles. The molecule has 3 atom stereocenters. The largest absolute Gasteiger partial charge is 0.300 e. The van der Waals surface area contributed by atoms with Crippen LogP contribution in [0.5, 0.6) is 0 Å². The fourth-order valence-electron chi connectivity index (χ4n) is 2.32. The van der Waals surface area contributed by atoms with Crippen molar-refractivity contribution in [3.63, 3.8) is 0 Å². The molecule has 1 aromatic carbocycles. The van der Waals surface area contributed by atoms with Crippen molar-refractivity contribution in [1.82, 2.24) is 0 Å². The third-order valence-corrected chi connectivity index (χ3v) is 3.46. The van der Waals surface area contributed by atoms with Crippen LogP contribution in [0.2, 0.25) is 0 Å². The number of quaternary nitrogens is 1. The van der Waals surface area contributed by atoms with Crippen LogP contribution in [-0.4, -0.2) is 17.7 Å². The molecule has 2 aliphatic rings. The van der Waals surface area contributed by atoms with Crippen LogP contribution in [0, 0.1) is 0 Å². The third-order valence-electron chi connectivity index (χ3n) is 3.46. The van der Waals surface area contributed by atoms with Gasteiger partial charge in [0.15, 0.2) is 0 Å². The van der Waals surface area contributed by atoms with Crippen molar-refractivity contribution in [2.45, 2.75) is 25.6 Å². The molecule has 3 rings (SSSR count). The van der Waals surface area contributed by atoms with Gasteiger partial charge in [-0.3, -0.25) is 0 Å². The molecule has 1 fully saturated rings. The van der Waals surface area contributed by atoms with Gasteiger partial charge in [0.2, 0.25) is 0 Å². The molecule has 13 heavy (non-hydrogen) atoms. The molecule has 2 aliphatic heterocycles. The van der Waals surface area contributed by atoms with E-state index in [9.17, 15) is 0 Å². The lowest BCUT2D eigenvalue weighted by atomic mass is 9.95. The van der Waals surface area contributed by atoms with Gasteiger partial charge in [-0.15, -0.1) is 9.48 Å². The van der Waals surface area contributed by atoms with Gasteiger partial charge in [-0.25, -0.2) is 0 Å². The average molecular weight is 176 g/mol. The first-order valence-electron chi connectivity index (χ1n) is 4.84. The number of hydroxylamine groups is 3. The first-order valence-corrected chi connectivity index (χ1v) is 4.84. The van der Waals surface area contributed by atoms with E-state index in [0.29, 0.717) is 12.3 Å². The number of fused-ring (bicyclic) bond motifs is 3. The number of nitrogens with zero attached hydrogens (tertiary/aromatic N) is 1. The van der Waals surface area contributed by atoms with E-state index in [1.54, 1.807) is 0 Å². The first-order chi connectivity index (χ1) is 6.22. The number of rotatable bonds is 0. The molecule has 0 saturated carbocycles. The topological polar surface area (TPSA) is 12.5 Å². The molecule has 0 amide bonds. The third kappa shape index (κ3) is 0.847. The SMILES string of the molecule is C[C@@H]1Cc2ccccc2C2O[N+]21C. The maximum absolute atomic E-state index is 5.74. The Kier molecular flexibility index (Phi) is 1.24. The molecule has 0 aliphatic carbocycles. The van der Waals surface area contributed by atoms with Crippen LogP contribution in [0.4, 0.5) is 0 Å². The Hall–Kier alpha value is -0.860. The van der Waals surface area contributed by atoms with Crippen molar-refractivity contribution in [1.29, 1.82) is 0 Å². The summed E-state index contributed by atoms with van der Waals surface area (Å²) in [6, 6.07) is 9.22. The summed E-state index contributed by atoms with van der Waals surface area (Å²) in [5, 5.41) is 0. The highest BCUT2D eigenvalue weighted by atomic mass is 16.9. The first kappa shape index (κ1) is 7.54. The minimum Gasteiger partial charge on any atom is -0.139 e. The Labute approximate surface area is 78.3 Å². The molecular weight excluding hydrogens is 162 g/mol. The van der Waals surface area contributed by atoms with Gasteiger partial charge in [0.25, 0.3) is 6.23 Å².